The first-order chi connectivity index (χ1) is 18.0. The van der Waals surface area contributed by atoms with E-state index in [4.69, 9.17) is 0 Å². The van der Waals surface area contributed by atoms with Crippen LogP contribution in [0.1, 0.15) is 36.0 Å². The molecule has 7 nitrogen and oxygen atoms in total. The number of aromatic hydroxyl groups is 1. The van der Waals surface area contributed by atoms with Crippen LogP contribution in [-0.4, -0.2) is 64.5 Å². The molecule has 2 saturated carbocycles. The lowest BCUT2D eigenvalue weighted by Crippen LogP contribution is -2.55. The highest BCUT2D eigenvalue weighted by Gasteiger charge is 2.55. The standard InChI is InChI=1S/C30H32N4O3/c35-27-13-10-24(31-28(36)23-8-6-22(7-9-23)21-4-2-1-3-5-21)20-26(27)32-29(37)30(14-15-30)34-18-16-33(17-19-34)25-11-12-25/h1-10,13,20,25,35H,11-12,14-19H2,(H,31,36)(H,32,37). The Labute approximate surface area is 217 Å². The molecule has 1 aliphatic heterocycles. The van der Waals surface area contributed by atoms with Crippen molar-refractivity contribution >= 4 is 23.2 Å². The summed E-state index contributed by atoms with van der Waals surface area (Å²) in [5.41, 5.74) is 2.99. The molecule has 1 heterocycles. The van der Waals surface area contributed by atoms with E-state index < -0.39 is 5.54 Å². The van der Waals surface area contributed by atoms with E-state index in [-0.39, 0.29) is 17.6 Å². The number of nitrogens with zero attached hydrogens (tertiary/aromatic N) is 2. The van der Waals surface area contributed by atoms with Gasteiger partial charge in [0.15, 0.2) is 0 Å². The van der Waals surface area contributed by atoms with E-state index in [1.807, 2.05) is 42.5 Å². The minimum atomic E-state index is -0.484. The molecule has 37 heavy (non-hydrogen) atoms. The van der Waals surface area contributed by atoms with Gasteiger partial charge in [-0.05, 0) is 67.1 Å². The van der Waals surface area contributed by atoms with Crippen molar-refractivity contribution in [2.75, 3.05) is 36.8 Å². The van der Waals surface area contributed by atoms with E-state index in [2.05, 4.69) is 20.4 Å². The first-order valence-corrected chi connectivity index (χ1v) is 13.1. The summed E-state index contributed by atoms with van der Waals surface area (Å²) >= 11 is 0. The fourth-order valence-electron chi connectivity index (χ4n) is 5.36. The van der Waals surface area contributed by atoms with Gasteiger partial charge in [0.25, 0.3) is 5.91 Å². The van der Waals surface area contributed by atoms with Gasteiger partial charge < -0.3 is 15.7 Å². The fraction of sp³-hybridized carbons (Fsp3) is 0.333. The van der Waals surface area contributed by atoms with Crippen LogP contribution in [0.4, 0.5) is 11.4 Å². The van der Waals surface area contributed by atoms with Crippen LogP contribution in [0, 0.1) is 0 Å². The van der Waals surface area contributed by atoms with Crippen LogP contribution in [0.25, 0.3) is 11.1 Å². The number of carbonyl (C=O) groups excluding carboxylic acids is 2. The average molecular weight is 497 g/mol. The molecule has 0 bridgehead atoms. The van der Waals surface area contributed by atoms with Gasteiger partial charge in [-0.3, -0.25) is 19.4 Å². The van der Waals surface area contributed by atoms with Gasteiger partial charge in [0.05, 0.1) is 5.69 Å². The number of benzene rings is 3. The van der Waals surface area contributed by atoms with E-state index in [0.29, 0.717) is 16.9 Å². The summed E-state index contributed by atoms with van der Waals surface area (Å²) in [7, 11) is 0. The molecule has 0 aromatic heterocycles. The minimum Gasteiger partial charge on any atom is -0.506 e. The molecule has 2 amide bonds. The van der Waals surface area contributed by atoms with Crippen molar-refractivity contribution in [2.24, 2.45) is 0 Å². The Bertz CT molecular complexity index is 1290. The molecule has 3 aliphatic rings. The highest BCUT2D eigenvalue weighted by molar-refractivity contribution is 6.06. The summed E-state index contributed by atoms with van der Waals surface area (Å²) in [5.74, 6) is -0.356. The molecular weight excluding hydrogens is 464 g/mol. The predicted molar refractivity (Wildman–Crippen MR) is 145 cm³/mol. The third-order valence-electron chi connectivity index (χ3n) is 7.89. The van der Waals surface area contributed by atoms with Gasteiger partial charge in [-0.1, -0.05) is 42.5 Å². The summed E-state index contributed by atoms with van der Waals surface area (Å²) in [6.45, 7) is 3.82. The third-order valence-corrected chi connectivity index (χ3v) is 7.89. The molecule has 0 spiro atoms. The van der Waals surface area contributed by atoms with Crippen LogP contribution in [0.5, 0.6) is 5.75 Å². The zero-order valence-electron chi connectivity index (χ0n) is 20.8. The van der Waals surface area contributed by atoms with Crippen LogP contribution < -0.4 is 10.6 Å². The SMILES string of the molecule is O=C(Nc1ccc(O)c(NC(=O)C2(N3CCN(C4CC4)CC3)CC2)c1)c1ccc(-c2ccccc2)cc1. The third kappa shape index (κ3) is 4.97. The minimum absolute atomic E-state index is 0.0204. The smallest absolute Gasteiger partial charge is 0.255 e. The van der Waals surface area contributed by atoms with Crippen molar-refractivity contribution in [1.29, 1.82) is 0 Å². The second-order valence-electron chi connectivity index (χ2n) is 10.4. The maximum atomic E-state index is 13.3. The Morgan fingerprint density at radius 2 is 1.49 bits per heavy atom. The Morgan fingerprint density at radius 1 is 0.811 bits per heavy atom. The van der Waals surface area contributed by atoms with Gasteiger partial charge in [-0.25, -0.2) is 0 Å². The van der Waals surface area contributed by atoms with Crippen molar-refractivity contribution in [3.05, 3.63) is 78.4 Å². The lowest BCUT2D eigenvalue weighted by Gasteiger charge is -2.39. The van der Waals surface area contributed by atoms with E-state index in [1.54, 1.807) is 24.3 Å². The average Bonchev–Trinajstić information content (AvgIpc) is 3.85. The number of phenols is 1. The van der Waals surface area contributed by atoms with Crippen molar-refractivity contribution < 1.29 is 14.7 Å². The number of amides is 2. The van der Waals surface area contributed by atoms with Gasteiger partial charge in [0, 0.05) is 43.5 Å². The number of rotatable bonds is 7. The zero-order chi connectivity index (χ0) is 25.4. The maximum absolute atomic E-state index is 13.3. The summed E-state index contributed by atoms with van der Waals surface area (Å²) < 4.78 is 0. The molecule has 3 aromatic rings. The van der Waals surface area contributed by atoms with Gasteiger partial charge in [-0.2, -0.15) is 0 Å². The van der Waals surface area contributed by atoms with Crippen molar-refractivity contribution in [1.82, 2.24) is 9.80 Å². The number of piperazine rings is 1. The van der Waals surface area contributed by atoms with Crippen LogP contribution in [0.15, 0.2) is 72.8 Å². The van der Waals surface area contributed by atoms with Crippen LogP contribution in [0.3, 0.4) is 0 Å². The Balaban J connectivity index is 1.10. The second-order valence-corrected chi connectivity index (χ2v) is 10.4. The van der Waals surface area contributed by atoms with Crippen LogP contribution in [-0.2, 0) is 4.79 Å². The number of hydrogen-bond donors (Lipinski definition) is 3. The summed E-state index contributed by atoms with van der Waals surface area (Å²) in [6, 6.07) is 22.9. The molecule has 0 unspecified atom stereocenters. The van der Waals surface area contributed by atoms with Crippen molar-refractivity contribution in [3.8, 4) is 16.9 Å². The van der Waals surface area contributed by atoms with Gasteiger partial charge >= 0.3 is 0 Å². The molecule has 7 heteroatoms. The van der Waals surface area contributed by atoms with Crippen molar-refractivity contribution in [2.45, 2.75) is 37.3 Å². The number of hydrogen-bond acceptors (Lipinski definition) is 5. The molecule has 3 N–H and O–H groups in total. The number of phenolic OH excluding ortho intramolecular Hbond substituents is 1. The van der Waals surface area contributed by atoms with Crippen LogP contribution in [0.2, 0.25) is 0 Å². The Kier molecular flexibility index (Phi) is 6.18. The van der Waals surface area contributed by atoms with E-state index in [9.17, 15) is 14.7 Å². The fourth-order valence-corrected chi connectivity index (χ4v) is 5.36. The first-order valence-electron chi connectivity index (χ1n) is 13.1. The molecule has 3 aromatic carbocycles. The van der Waals surface area contributed by atoms with Crippen LogP contribution >= 0.6 is 0 Å². The molecule has 3 fully saturated rings. The van der Waals surface area contributed by atoms with Gasteiger partial charge in [-0.15, -0.1) is 0 Å². The highest BCUT2D eigenvalue weighted by atomic mass is 16.3. The maximum Gasteiger partial charge on any atom is 0.255 e. The van der Waals surface area contributed by atoms with E-state index in [1.165, 1.54) is 18.9 Å². The molecule has 1 saturated heterocycles. The molecule has 190 valence electrons. The monoisotopic (exact) mass is 496 g/mol. The summed E-state index contributed by atoms with van der Waals surface area (Å²) in [5, 5.41) is 16.2. The summed E-state index contributed by atoms with van der Waals surface area (Å²) in [6.07, 6.45) is 4.27. The number of carbonyl (C=O) groups is 2. The number of anilines is 2. The van der Waals surface area contributed by atoms with E-state index >= 15 is 0 Å². The van der Waals surface area contributed by atoms with Gasteiger partial charge in [0.2, 0.25) is 5.91 Å². The molecule has 6 rings (SSSR count). The number of nitrogens with one attached hydrogen (secondary N) is 2. The van der Waals surface area contributed by atoms with Crippen molar-refractivity contribution in [3.63, 3.8) is 0 Å². The van der Waals surface area contributed by atoms with E-state index in [0.717, 1.165) is 56.2 Å². The lowest BCUT2D eigenvalue weighted by molar-refractivity contribution is -0.123. The topological polar surface area (TPSA) is 84.9 Å². The largest absolute Gasteiger partial charge is 0.506 e. The quantitative estimate of drug-likeness (QED) is 0.330. The normalized spacial score (nSPS) is 19.2. The first kappa shape index (κ1) is 23.7. The molecule has 0 atom stereocenters. The Hall–Kier alpha value is -3.68. The zero-order valence-corrected chi connectivity index (χ0v) is 20.8. The summed E-state index contributed by atoms with van der Waals surface area (Å²) in [4.78, 5) is 31.0. The molecule has 0 radical (unpaired) electrons. The Morgan fingerprint density at radius 3 is 2.14 bits per heavy atom. The highest BCUT2D eigenvalue weighted by Crippen LogP contribution is 2.44. The van der Waals surface area contributed by atoms with Gasteiger partial charge in [0.1, 0.15) is 11.3 Å². The molecular formula is C30H32N4O3. The molecule has 2 aliphatic carbocycles. The predicted octanol–water partition coefficient (Wildman–Crippen LogP) is 4.56. The lowest BCUT2D eigenvalue weighted by atomic mass is 10.0. The second kappa shape index (κ2) is 9.65.